The van der Waals surface area contributed by atoms with E-state index in [0.29, 0.717) is 0 Å². The highest BCUT2D eigenvalue weighted by molar-refractivity contribution is 7.25. The quantitative estimate of drug-likeness (QED) is 0.187. The van der Waals surface area contributed by atoms with E-state index in [4.69, 9.17) is 4.98 Å². The van der Waals surface area contributed by atoms with Gasteiger partial charge in [-0.15, -0.1) is 22.7 Å². The first-order valence-electron chi connectivity index (χ1n) is 15.8. The SMILES string of the molecule is c1ccc(-c2ccc(N(c3ccc4sc5ccccc5c4c3)c3ccc4c5c(cccc35)-c3sc(-c5ccccc5)nc3-4)cc2)cc1. The molecular weight excluding hydrogens is 609 g/mol. The van der Waals surface area contributed by atoms with E-state index in [0.717, 1.165) is 27.8 Å². The third-order valence-corrected chi connectivity index (χ3v) is 11.5. The molecule has 0 saturated heterocycles. The van der Waals surface area contributed by atoms with Crippen molar-refractivity contribution < 1.29 is 0 Å². The predicted molar refractivity (Wildman–Crippen MR) is 202 cm³/mol. The smallest absolute Gasteiger partial charge is 0.124 e. The summed E-state index contributed by atoms with van der Waals surface area (Å²) in [4.78, 5) is 8.88. The largest absolute Gasteiger partial charge is 0.310 e. The van der Waals surface area contributed by atoms with Crippen LogP contribution in [0.2, 0.25) is 0 Å². The van der Waals surface area contributed by atoms with E-state index in [-0.39, 0.29) is 0 Å². The van der Waals surface area contributed by atoms with Gasteiger partial charge in [-0.05, 0) is 53.6 Å². The molecule has 9 aromatic rings. The summed E-state index contributed by atoms with van der Waals surface area (Å²) < 4.78 is 2.62. The molecular formula is C43H26N2S2. The summed E-state index contributed by atoms with van der Waals surface area (Å²) in [6.07, 6.45) is 0. The van der Waals surface area contributed by atoms with Gasteiger partial charge < -0.3 is 4.90 Å². The molecule has 0 atom stereocenters. The molecule has 2 nitrogen and oxygen atoms in total. The van der Waals surface area contributed by atoms with Gasteiger partial charge in [0.05, 0.1) is 16.3 Å². The monoisotopic (exact) mass is 634 g/mol. The van der Waals surface area contributed by atoms with E-state index in [9.17, 15) is 0 Å². The summed E-state index contributed by atoms with van der Waals surface area (Å²) in [6.45, 7) is 0. The second-order valence-electron chi connectivity index (χ2n) is 12.0. The van der Waals surface area contributed by atoms with Crippen LogP contribution in [0.4, 0.5) is 17.1 Å². The summed E-state index contributed by atoms with van der Waals surface area (Å²) >= 11 is 3.65. The molecule has 1 aliphatic carbocycles. The van der Waals surface area contributed by atoms with Gasteiger partial charge in [-0.1, -0.05) is 115 Å². The summed E-state index contributed by atoms with van der Waals surface area (Å²) in [6, 6.07) is 57.1. The number of benzene rings is 7. The highest BCUT2D eigenvalue weighted by Gasteiger charge is 2.28. The highest BCUT2D eigenvalue weighted by atomic mass is 32.1. The Hall–Kier alpha value is -5.55. The number of aromatic nitrogens is 1. The van der Waals surface area contributed by atoms with Crippen molar-refractivity contribution in [2.45, 2.75) is 0 Å². The Labute approximate surface area is 280 Å². The number of anilines is 3. The number of hydrogen-bond acceptors (Lipinski definition) is 4. The normalized spacial score (nSPS) is 11.8. The topological polar surface area (TPSA) is 16.1 Å². The summed E-state index contributed by atoms with van der Waals surface area (Å²) in [7, 11) is 0. The van der Waals surface area contributed by atoms with E-state index in [1.54, 1.807) is 11.3 Å². The summed E-state index contributed by atoms with van der Waals surface area (Å²) in [5.41, 5.74) is 10.6. The van der Waals surface area contributed by atoms with Crippen molar-refractivity contribution in [3.63, 3.8) is 0 Å². The second kappa shape index (κ2) is 10.5. The third-order valence-electron chi connectivity index (χ3n) is 9.26. The molecule has 4 heteroatoms. The maximum absolute atomic E-state index is 5.19. The zero-order valence-corrected chi connectivity index (χ0v) is 26.9. The molecule has 7 aromatic carbocycles. The van der Waals surface area contributed by atoms with Crippen molar-refractivity contribution in [3.8, 4) is 43.4 Å². The van der Waals surface area contributed by atoms with Crippen LogP contribution in [0, 0.1) is 0 Å². The van der Waals surface area contributed by atoms with E-state index in [1.165, 1.54) is 63.6 Å². The predicted octanol–water partition coefficient (Wildman–Crippen LogP) is 13.1. The first-order chi connectivity index (χ1) is 23.3. The first-order valence-corrected chi connectivity index (χ1v) is 17.4. The van der Waals surface area contributed by atoms with Gasteiger partial charge in [0.25, 0.3) is 0 Å². The van der Waals surface area contributed by atoms with Gasteiger partial charge >= 0.3 is 0 Å². The number of rotatable bonds is 5. The van der Waals surface area contributed by atoms with Gasteiger partial charge in [-0.25, -0.2) is 4.98 Å². The average molecular weight is 635 g/mol. The van der Waals surface area contributed by atoms with Crippen LogP contribution in [-0.4, -0.2) is 4.98 Å². The van der Waals surface area contributed by atoms with Gasteiger partial charge in [-0.3, -0.25) is 0 Å². The van der Waals surface area contributed by atoms with Crippen LogP contribution >= 0.6 is 22.7 Å². The fraction of sp³-hybridized carbons (Fsp3) is 0. The molecule has 0 saturated carbocycles. The van der Waals surface area contributed by atoms with Gasteiger partial charge in [0.1, 0.15) is 5.01 Å². The van der Waals surface area contributed by atoms with Crippen molar-refractivity contribution in [3.05, 3.63) is 158 Å². The van der Waals surface area contributed by atoms with Crippen molar-refractivity contribution in [2.75, 3.05) is 4.90 Å². The van der Waals surface area contributed by atoms with Crippen LogP contribution < -0.4 is 4.90 Å². The number of fused-ring (bicyclic) bond motifs is 6. The maximum Gasteiger partial charge on any atom is 0.124 e. The van der Waals surface area contributed by atoms with E-state index >= 15 is 0 Å². The second-order valence-corrected chi connectivity index (χ2v) is 14.0. The third kappa shape index (κ3) is 4.19. The van der Waals surface area contributed by atoms with Gasteiger partial charge in [0.2, 0.25) is 0 Å². The number of nitrogens with zero attached hydrogens (tertiary/aromatic N) is 2. The fourth-order valence-electron chi connectivity index (χ4n) is 7.08. The number of thiophene rings is 1. The van der Waals surface area contributed by atoms with Crippen LogP contribution in [0.1, 0.15) is 0 Å². The van der Waals surface area contributed by atoms with E-state index < -0.39 is 0 Å². The van der Waals surface area contributed by atoms with Crippen LogP contribution in [-0.2, 0) is 0 Å². The van der Waals surface area contributed by atoms with Crippen molar-refractivity contribution in [1.29, 1.82) is 0 Å². The Bertz CT molecular complexity index is 2590. The van der Waals surface area contributed by atoms with Gasteiger partial charge in [0.15, 0.2) is 0 Å². The maximum atomic E-state index is 5.19. The lowest BCUT2D eigenvalue weighted by Crippen LogP contribution is -2.10. The lowest BCUT2D eigenvalue weighted by atomic mass is 10.00. The Morgan fingerprint density at radius 3 is 1.96 bits per heavy atom. The van der Waals surface area contributed by atoms with Crippen LogP contribution in [0.15, 0.2) is 158 Å². The van der Waals surface area contributed by atoms with Crippen LogP contribution in [0.5, 0.6) is 0 Å². The zero-order valence-electron chi connectivity index (χ0n) is 25.2. The minimum atomic E-state index is 1.07. The molecule has 0 N–H and O–H groups in total. The Kier molecular flexibility index (Phi) is 5.95. The molecule has 0 spiro atoms. The molecule has 0 bridgehead atoms. The molecule has 0 aliphatic heterocycles. The molecule has 2 heterocycles. The minimum Gasteiger partial charge on any atom is -0.310 e. The van der Waals surface area contributed by atoms with Crippen LogP contribution in [0.25, 0.3) is 74.3 Å². The standard InChI is InChI=1S/C43H26N2S2/c1-3-10-27(11-4-1)28-18-20-30(21-19-28)45(31-22-25-39-36(26-31)32-14-7-8-17-38(32)46-39)37-24-23-34-40-33(37)15-9-16-35(40)42-41(34)44-43(47-42)29-12-5-2-6-13-29/h1-26H. The number of thiazole rings is 1. The Morgan fingerprint density at radius 1 is 0.447 bits per heavy atom. The molecule has 0 amide bonds. The van der Waals surface area contributed by atoms with Crippen molar-refractivity contribution >= 4 is 70.7 Å². The molecule has 0 fully saturated rings. The Morgan fingerprint density at radius 2 is 1.13 bits per heavy atom. The molecule has 10 rings (SSSR count). The number of hydrogen-bond donors (Lipinski definition) is 0. The summed E-state index contributed by atoms with van der Waals surface area (Å²) in [5.74, 6) is 0. The zero-order chi connectivity index (χ0) is 30.9. The fourth-order valence-corrected chi connectivity index (χ4v) is 9.28. The highest BCUT2D eigenvalue weighted by Crippen LogP contribution is 2.54. The van der Waals surface area contributed by atoms with Gasteiger partial charge in [0, 0.05) is 59.0 Å². The van der Waals surface area contributed by atoms with Gasteiger partial charge in [-0.2, -0.15) is 0 Å². The molecule has 2 aromatic heterocycles. The lowest BCUT2D eigenvalue weighted by Gasteiger charge is -2.27. The average Bonchev–Trinajstić information content (AvgIpc) is 3.82. The Balaban J connectivity index is 1.17. The molecule has 47 heavy (non-hydrogen) atoms. The van der Waals surface area contributed by atoms with E-state index in [2.05, 4.69) is 163 Å². The van der Waals surface area contributed by atoms with Crippen molar-refractivity contribution in [1.82, 2.24) is 4.98 Å². The first kappa shape index (κ1) is 26.6. The van der Waals surface area contributed by atoms with Crippen molar-refractivity contribution in [2.24, 2.45) is 0 Å². The minimum absolute atomic E-state index is 1.07. The summed E-state index contributed by atoms with van der Waals surface area (Å²) in [5, 5.41) is 6.18. The van der Waals surface area contributed by atoms with Crippen LogP contribution in [0.3, 0.4) is 0 Å². The molecule has 220 valence electrons. The molecule has 0 unspecified atom stereocenters. The molecule has 1 aliphatic rings. The lowest BCUT2D eigenvalue weighted by molar-refractivity contribution is 1.30. The van der Waals surface area contributed by atoms with E-state index in [1.807, 2.05) is 11.3 Å². The molecule has 0 radical (unpaired) electrons.